The van der Waals surface area contributed by atoms with Gasteiger partial charge in [0.05, 0.1) is 6.42 Å². The van der Waals surface area contributed by atoms with E-state index in [2.05, 4.69) is 0 Å². The standard InChI is InChI=1S/C12H13BO6/c14-9(15)5-12(3-4-12)7-1-2-8-11(19-6-18-8)10(7)13(16)17/h1-2,16-17H,3-6H2,(H,14,15). The van der Waals surface area contributed by atoms with Crippen LogP contribution in [-0.2, 0) is 10.2 Å². The quantitative estimate of drug-likeness (QED) is 0.640. The van der Waals surface area contributed by atoms with Crippen molar-refractivity contribution in [3.05, 3.63) is 17.7 Å². The second kappa shape index (κ2) is 4.14. The zero-order chi connectivity index (χ0) is 13.6. The van der Waals surface area contributed by atoms with E-state index in [-0.39, 0.29) is 18.7 Å². The molecule has 3 rings (SSSR count). The Labute approximate surface area is 109 Å². The maximum absolute atomic E-state index is 11.0. The fourth-order valence-electron chi connectivity index (χ4n) is 2.69. The lowest BCUT2D eigenvalue weighted by Crippen LogP contribution is -2.37. The second-order valence-corrected chi connectivity index (χ2v) is 4.99. The van der Waals surface area contributed by atoms with Crippen molar-refractivity contribution in [2.24, 2.45) is 0 Å². The SMILES string of the molecule is O=C(O)CC1(c2ccc3c(c2B(O)O)OCO3)CC1. The van der Waals surface area contributed by atoms with Crippen molar-refractivity contribution in [1.82, 2.24) is 0 Å². The molecule has 19 heavy (non-hydrogen) atoms. The summed E-state index contributed by atoms with van der Waals surface area (Å²) in [6.07, 6.45) is 1.42. The van der Waals surface area contributed by atoms with Crippen molar-refractivity contribution >= 4 is 18.6 Å². The largest absolute Gasteiger partial charge is 0.492 e. The monoisotopic (exact) mass is 264 g/mol. The summed E-state index contributed by atoms with van der Waals surface area (Å²) in [5.74, 6) is -0.129. The molecule has 1 aromatic rings. The number of rotatable bonds is 4. The number of carboxylic acids is 1. The molecule has 1 saturated carbocycles. The van der Waals surface area contributed by atoms with Gasteiger partial charge < -0.3 is 24.6 Å². The van der Waals surface area contributed by atoms with Gasteiger partial charge in [0.15, 0.2) is 11.5 Å². The van der Waals surface area contributed by atoms with Gasteiger partial charge in [-0.05, 0) is 24.5 Å². The molecule has 1 aliphatic carbocycles. The first-order chi connectivity index (χ1) is 9.03. The van der Waals surface area contributed by atoms with Crippen molar-refractivity contribution in [1.29, 1.82) is 0 Å². The maximum Gasteiger partial charge on any atom is 0.492 e. The lowest BCUT2D eigenvalue weighted by molar-refractivity contribution is -0.137. The molecule has 7 heteroatoms. The summed E-state index contributed by atoms with van der Waals surface area (Å²) >= 11 is 0. The first kappa shape index (κ1) is 12.3. The van der Waals surface area contributed by atoms with E-state index in [0.29, 0.717) is 17.1 Å². The molecule has 0 aromatic heterocycles. The van der Waals surface area contributed by atoms with E-state index in [1.165, 1.54) is 0 Å². The Balaban J connectivity index is 2.09. The van der Waals surface area contributed by atoms with Crippen molar-refractivity contribution in [2.45, 2.75) is 24.7 Å². The summed E-state index contributed by atoms with van der Waals surface area (Å²) < 4.78 is 10.5. The fourth-order valence-corrected chi connectivity index (χ4v) is 2.69. The highest BCUT2D eigenvalue weighted by Crippen LogP contribution is 2.52. The Kier molecular flexibility index (Phi) is 2.69. The van der Waals surface area contributed by atoms with Gasteiger partial charge in [-0.3, -0.25) is 4.79 Å². The van der Waals surface area contributed by atoms with E-state index in [0.717, 1.165) is 12.8 Å². The minimum Gasteiger partial charge on any atom is -0.481 e. The Morgan fingerprint density at radius 1 is 1.32 bits per heavy atom. The number of hydrogen-bond acceptors (Lipinski definition) is 5. The maximum atomic E-state index is 11.0. The molecule has 1 aromatic carbocycles. The predicted octanol–water partition coefficient (Wildman–Crippen LogP) is -0.399. The van der Waals surface area contributed by atoms with E-state index >= 15 is 0 Å². The molecule has 1 heterocycles. The third kappa shape index (κ3) is 1.95. The molecule has 3 N–H and O–H groups in total. The third-order valence-corrected chi connectivity index (χ3v) is 3.75. The van der Waals surface area contributed by atoms with Gasteiger partial charge in [0.2, 0.25) is 6.79 Å². The van der Waals surface area contributed by atoms with Gasteiger partial charge in [0.25, 0.3) is 0 Å². The molecule has 0 amide bonds. The summed E-state index contributed by atoms with van der Waals surface area (Å²) in [6.45, 7) is 0.0322. The van der Waals surface area contributed by atoms with Gasteiger partial charge >= 0.3 is 13.1 Å². The van der Waals surface area contributed by atoms with E-state index in [4.69, 9.17) is 14.6 Å². The molecule has 0 radical (unpaired) electrons. The van der Waals surface area contributed by atoms with Gasteiger partial charge in [-0.25, -0.2) is 0 Å². The van der Waals surface area contributed by atoms with Gasteiger partial charge in [-0.1, -0.05) is 6.07 Å². The molecule has 1 fully saturated rings. The highest BCUT2D eigenvalue weighted by Gasteiger charge is 2.49. The Bertz CT molecular complexity index is 537. The van der Waals surface area contributed by atoms with Crippen LogP contribution in [0, 0.1) is 0 Å². The van der Waals surface area contributed by atoms with Crippen LogP contribution in [0.3, 0.4) is 0 Å². The topological polar surface area (TPSA) is 96.2 Å². The number of carboxylic acid groups (broad SMARTS) is 1. The average Bonchev–Trinajstić information content (AvgIpc) is 2.94. The molecule has 0 atom stereocenters. The minimum atomic E-state index is -1.71. The van der Waals surface area contributed by atoms with Crippen LogP contribution in [0.25, 0.3) is 0 Å². The lowest BCUT2D eigenvalue weighted by Gasteiger charge is -2.19. The van der Waals surface area contributed by atoms with Crippen LogP contribution < -0.4 is 14.9 Å². The van der Waals surface area contributed by atoms with Crippen molar-refractivity contribution in [3.63, 3.8) is 0 Å². The smallest absolute Gasteiger partial charge is 0.481 e. The Morgan fingerprint density at radius 3 is 2.63 bits per heavy atom. The average molecular weight is 264 g/mol. The molecule has 0 saturated heterocycles. The van der Waals surface area contributed by atoms with Crippen molar-refractivity contribution < 1.29 is 29.4 Å². The van der Waals surface area contributed by atoms with Gasteiger partial charge in [0, 0.05) is 10.9 Å². The van der Waals surface area contributed by atoms with Gasteiger partial charge in [0.1, 0.15) is 0 Å². The molecule has 2 aliphatic rings. The molecule has 6 nitrogen and oxygen atoms in total. The number of fused-ring (bicyclic) bond motifs is 1. The zero-order valence-electron chi connectivity index (χ0n) is 10.1. The first-order valence-electron chi connectivity index (χ1n) is 6.04. The van der Waals surface area contributed by atoms with Crippen LogP contribution in [-0.4, -0.2) is 35.0 Å². The fraction of sp³-hybridized carbons (Fsp3) is 0.417. The van der Waals surface area contributed by atoms with Gasteiger partial charge in [-0.2, -0.15) is 0 Å². The highest BCUT2D eigenvalue weighted by atomic mass is 16.7. The zero-order valence-corrected chi connectivity index (χ0v) is 10.1. The lowest BCUT2D eigenvalue weighted by atomic mass is 9.71. The first-order valence-corrected chi connectivity index (χ1v) is 6.04. The summed E-state index contributed by atoms with van der Waals surface area (Å²) in [7, 11) is -1.71. The summed E-state index contributed by atoms with van der Waals surface area (Å²) in [5.41, 5.74) is 0.356. The molecule has 0 bridgehead atoms. The molecule has 0 unspecified atom stereocenters. The van der Waals surface area contributed by atoms with E-state index in [9.17, 15) is 14.8 Å². The van der Waals surface area contributed by atoms with Crippen LogP contribution in [0.4, 0.5) is 0 Å². The molecular formula is C12H13BO6. The van der Waals surface area contributed by atoms with E-state index < -0.39 is 18.5 Å². The number of ether oxygens (including phenoxy) is 2. The summed E-state index contributed by atoms with van der Waals surface area (Å²) in [4.78, 5) is 11.0. The predicted molar refractivity (Wildman–Crippen MR) is 65.6 cm³/mol. The molecular weight excluding hydrogens is 251 g/mol. The Hall–Kier alpha value is -1.73. The molecule has 1 aliphatic heterocycles. The molecule has 0 spiro atoms. The van der Waals surface area contributed by atoms with Gasteiger partial charge in [-0.15, -0.1) is 0 Å². The van der Waals surface area contributed by atoms with Crippen LogP contribution in [0.2, 0.25) is 0 Å². The third-order valence-electron chi connectivity index (χ3n) is 3.75. The Morgan fingerprint density at radius 2 is 2.05 bits per heavy atom. The van der Waals surface area contributed by atoms with E-state index in [1.54, 1.807) is 12.1 Å². The summed E-state index contributed by atoms with van der Waals surface area (Å²) in [6, 6.07) is 3.39. The highest BCUT2D eigenvalue weighted by molar-refractivity contribution is 6.60. The van der Waals surface area contributed by atoms with E-state index in [1.807, 2.05) is 0 Å². The summed E-state index contributed by atoms with van der Waals surface area (Å²) in [5, 5.41) is 28.1. The minimum absolute atomic E-state index is 0.0215. The molecule has 100 valence electrons. The normalized spacial score (nSPS) is 18.2. The van der Waals surface area contributed by atoms with Crippen LogP contribution in [0.15, 0.2) is 12.1 Å². The number of aliphatic carboxylic acids is 1. The number of benzene rings is 1. The van der Waals surface area contributed by atoms with Crippen molar-refractivity contribution in [3.8, 4) is 11.5 Å². The van der Waals surface area contributed by atoms with Crippen molar-refractivity contribution in [2.75, 3.05) is 6.79 Å². The van der Waals surface area contributed by atoms with Crippen LogP contribution in [0.1, 0.15) is 24.8 Å². The van der Waals surface area contributed by atoms with Crippen LogP contribution >= 0.6 is 0 Å². The number of hydrogen-bond donors (Lipinski definition) is 3. The second-order valence-electron chi connectivity index (χ2n) is 4.99. The number of carbonyl (C=O) groups is 1. The van der Waals surface area contributed by atoms with Crippen LogP contribution in [0.5, 0.6) is 11.5 Å².